The summed E-state index contributed by atoms with van der Waals surface area (Å²) < 4.78 is 18.9. The van der Waals surface area contributed by atoms with Crippen LogP contribution in [0.15, 0.2) is 30.3 Å². The zero-order valence-corrected chi connectivity index (χ0v) is 18.8. The van der Waals surface area contributed by atoms with E-state index < -0.39 is 5.79 Å². The van der Waals surface area contributed by atoms with Crippen LogP contribution in [0.5, 0.6) is 5.75 Å². The molecule has 0 bridgehead atoms. The molecule has 3 nitrogen and oxygen atoms in total. The molecule has 1 fully saturated rings. The maximum atomic E-state index is 5.83. The summed E-state index contributed by atoms with van der Waals surface area (Å²) in [6, 6.07) is 10.8. The average Bonchev–Trinajstić information content (AvgIpc) is 3.11. The summed E-state index contributed by atoms with van der Waals surface area (Å²) in [6.45, 7) is 10.1. The molecule has 4 heteroatoms. The Morgan fingerprint density at radius 1 is 1.00 bits per heavy atom. The van der Waals surface area contributed by atoms with Crippen LogP contribution in [0.3, 0.4) is 0 Å². The maximum absolute atomic E-state index is 5.83. The third kappa shape index (κ3) is 4.57. The number of hydrogen-bond donors (Lipinski definition) is 0. The molecule has 0 N–H and O–H groups in total. The van der Waals surface area contributed by atoms with Gasteiger partial charge in [0.25, 0.3) is 0 Å². The van der Waals surface area contributed by atoms with Gasteiger partial charge in [0.05, 0.1) is 0 Å². The van der Waals surface area contributed by atoms with Crippen molar-refractivity contribution in [3.63, 3.8) is 0 Å². The molecule has 1 heterocycles. The molecule has 0 amide bonds. The fourth-order valence-electron chi connectivity index (χ4n) is 3.74. The fraction of sp³-hybridized carbons (Fsp3) is 0.478. The van der Waals surface area contributed by atoms with Gasteiger partial charge in [0, 0.05) is 0 Å². The Labute approximate surface area is 169 Å². The van der Waals surface area contributed by atoms with Crippen LogP contribution in [0.2, 0.25) is 0 Å². The Hall–Kier alpha value is -1.32. The molecule has 1 aliphatic rings. The fourth-order valence-corrected chi connectivity index (χ4v) is 6.47. The van der Waals surface area contributed by atoms with Gasteiger partial charge in [-0.3, -0.25) is 0 Å². The van der Waals surface area contributed by atoms with Gasteiger partial charge in [-0.1, -0.05) is 0 Å². The molecule has 146 valence electrons. The van der Waals surface area contributed by atoms with Gasteiger partial charge >= 0.3 is 169 Å². The molecular weight excluding hydrogens is 403 g/mol. The number of hydrogen-bond acceptors (Lipinski definition) is 3. The minimum absolute atomic E-state index is 0.376. The summed E-state index contributed by atoms with van der Waals surface area (Å²) in [7, 11) is 1.78. The zero-order chi connectivity index (χ0) is 19.4. The van der Waals surface area contributed by atoms with Crippen LogP contribution in [0, 0.1) is 20.8 Å². The van der Waals surface area contributed by atoms with E-state index in [1.165, 1.54) is 32.3 Å². The van der Waals surface area contributed by atoms with Crippen molar-refractivity contribution >= 4 is 19.4 Å². The molecule has 3 rings (SSSR count). The predicted octanol–water partition coefficient (Wildman–Crippen LogP) is 3.85. The van der Waals surface area contributed by atoms with Crippen molar-refractivity contribution < 1.29 is 14.2 Å². The standard InChI is InChI=1S/C23H30O3Se/c1-16-17(2)22(27-15-19-9-7-6-8-10-19)20(18(3)21(16)24-5)11-12-23(4)25-13-14-26-23/h6-10H,11-15H2,1-5H3. The summed E-state index contributed by atoms with van der Waals surface area (Å²) in [4.78, 5) is 0. The first kappa shape index (κ1) is 20.4. The zero-order valence-electron chi connectivity index (χ0n) is 17.1. The number of methoxy groups -OCH3 is 1. The van der Waals surface area contributed by atoms with Crippen LogP contribution in [-0.2, 0) is 21.2 Å². The molecule has 1 saturated heterocycles. The normalized spacial score (nSPS) is 15.9. The van der Waals surface area contributed by atoms with Gasteiger partial charge in [0.2, 0.25) is 0 Å². The summed E-state index contributed by atoms with van der Waals surface area (Å²) in [5.74, 6) is 0.572. The first-order valence-corrected chi connectivity index (χ1v) is 11.6. The SMILES string of the molecule is COc1c(C)c(C)c([Se]Cc2ccccc2)c(CCC2(C)OCCO2)c1C. The third-order valence-electron chi connectivity index (χ3n) is 5.47. The van der Waals surface area contributed by atoms with Crippen LogP contribution in [0.1, 0.15) is 41.2 Å². The van der Waals surface area contributed by atoms with Crippen LogP contribution < -0.4 is 9.20 Å². The summed E-state index contributed by atoms with van der Waals surface area (Å²) in [5.41, 5.74) is 6.74. The Balaban J connectivity index is 1.91. The van der Waals surface area contributed by atoms with E-state index in [9.17, 15) is 0 Å². The molecule has 0 radical (unpaired) electrons. The Morgan fingerprint density at radius 3 is 2.30 bits per heavy atom. The molecule has 2 aromatic carbocycles. The van der Waals surface area contributed by atoms with Gasteiger partial charge in [0.1, 0.15) is 0 Å². The second-order valence-electron chi connectivity index (χ2n) is 7.32. The number of ether oxygens (including phenoxy) is 3. The van der Waals surface area contributed by atoms with Gasteiger partial charge in [0.15, 0.2) is 0 Å². The quantitative estimate of drug-likeness (QED) is 0.621. The van der Waals surface area contributed by atoms with Crippen LogP contribution in [0.25, 0.3) is 0 Å². The second-order valence-corrected chi connectivity index (χ2v) is 9.39. The van der Waals surface area contributed by atoms with E-state index in [1.54, 1.807) is 7.11 Å². The van der Waals surface area contributed by atoms with Crippen LogP contribution >= 0.6 is 0 Å². The van der Waals surface area contributed by atoms with Crippen molar-refractivity contribution in [1.82, 2.24) is 0 Å². The van der Waals surface area contributed by atoms with Crippen molar-refractivity contribution in [2.75, 3.05) is 20.3 Å². The molecule has 1 aliphatic heterocycles. The van der Waals surface area contributed by atoms with Crippen LogP contribution in [-0.4, -0.2) is 41.1 Å². The molecule has 0 unspecified atom stereocenters. The van der Waals surface area contributed by atoms with E-state index in [-0.39, 0.29) is 0 Å². The van der Waals surface area contributed by atoms with Gasteiger partial charge in [-0.25, -0.2) is 0 Å². The first-order valence-electron chi connectivity index (χ1n) is 9.56. The molecule has 27 heavy (non-hydrogen) atoms. The van der Waals surface area contributed by atoms with E-state index in [2.05, 4.69) is 58.0 Å². The van der Waals surface area contributed by atoms with Gasteiger partial charge in [-0.2, -0.15) is 0 Å². The average molecular weight is 433 g/mol. The van der Waals surface area contributed by atoms with E-state index >= 15 is 0 Å². The molecule has 0 spiro atoms. The van der Waals surface area contributed by atoms with E-state index in [1.807, 2.05) is 0 Å². The summed E-state index contributed by atoms with van der Waals surface area (Å²) in [5, 5.41) is 1.11. The Morgan fingerprint density at radius 2 is 1.67 bits per heavy atom. The summed E-state index contributed by atoms with van der Waals surface area (Å²) in [6.07, 6.45) is 1.82. The molecule has 0 saturated carbocycles. The van der Waals surface area contributed by atoms with Gasteiger partial charge in [-0.05, 0) is 0 Å². The second kappa shape index (κ2) is 8.79. The Kier molecular flexibility index (Phi) is 6.65. The van der Waals surface area contributed by atoms with Crippen LogP contribution in [0.4, 0.5) is 0 Å². The molecule has 0 atom stereocenters. The van der Waals surface area contributed by atoms with Crippen molar-refractivity contribution in [3.8, 4) is 5.75 Å². The Bertz CT molecular complexity index is 780. The number of benzene rings is 2. The first-order chi connectivity index (χ1) is 12.9. The monoisotopic (exact) mass is 434 g/mol. The van der Waals surface area contributed by atoms with Crippen molar-refractivity contribution in [2.24, 2.45) is 0 Å². The molecule has 0 aromatic heterocycles. The topological polar surface area (TPSA) is 27.7 Å². The summed E-state index contributed by atoms with van der Waals surface area (Å²) >= 11 is 0.376. The third-order valence-corrected chi connectivity index (χ3v) is 8.24. The van der Waals surface area contributed by atoms with Crippen molar-refractivity contribution in [3.05, 3.63) is 58.1 Å². The van der Waals surface area contributed by atoms with Crippen molar-refractivity contribution in [1.29, 1.82) is 0 Å². The van der Waals surface area contributed by atoms with E-state index in [0.717, 1.165) is 23.9 Å². The minimum atomic E-state index is -0.456. The van der Waals surface area contributed by atoms with Crippen molar-refractivity contribution in [2.45, 2.75) is 51.6 Å². The molecule has 2 aromatic rings. The predicted molar refractivity (Wildman–Crippen MR) is 111 cm³/mol. The number of rotatable bonds is 7. The molecular formula is C23H30O3Se. The van der Waals surface area contributed by atoms with E-state index in [0.29, 0.717) is 28.2 Å². The van der Waals surface area contributed by atoms with Gasteiger partial charge < -0.3 is 0 Å². The molecule has 0 aliphatic carbocycles. The van der Waals surface area contributed by atoms with E-state index in [4.69, 9.17) is 14.2 Å². The van der Waals surface area contributed by atoms with Gasteiger partial charge in [-0.15, -0.1) is 0 Å².